The zero-order valence-electron chi connectivity index (χ0n) is 7.14. The van der Waals surface area contributed by atoms with Crippen molar-refractivity contribution in [3.8, 4) is 0 Å². The number of anilines is 1. The van der Waals surface area contributed by atoms with Gasteiger partial charge in [0.2, 0.25) is 0 Å². The van der Waals surface area contributed by atoms with Crippen LogP contribution in [0.25, 0.3) is 0 Å². The van der Waals surface area contributed by atoms with Crippen molar-refractivity contribution in [2.45, 2.75) is 6.92 Å². The molecule has 0 atom stereocenters. The van der Waals surface area contributed by atoms with Gasteiger partial charge in [-0.1, -0.05) is 0 Å². The molecule has 0 radical (unpaired) electrons. The van der Waals surface area contributed by atoms with Crippen molar-refractivity contribution in [1.29, 1.82) is 0 Å². The number of aromatic amines is 1. The molecule has 3 N–H and O–H groups in total. The summed E-state index contributed by atoms with van der Waals surface area (Å²) in [5.74, 6) is 0.530. The molecule has 0 aliphatic carbocycles. The van der Waals surface area contributed by atoms with Crippen LogP contribution in [0.15, 0.2) is 6.07 Å². The van der Waals surface area contributed by atoms with Crippen molar-refractivity contribution in [3.63, 3.8) is 0 Å². The molecule has 0 aromatic carbocycles. The third kappa shape index (κ3) is 1.75. The monoisotopic (exact) mass is 168 g/mol. The number of amides is 1. The zero-order chi connectivity index (χ0) is 8.97. The fourth-order valence-corrected chi connectivity index (χ4v) is 0.822. The number of carbonyl (C=O) groups excluding carboxylic acids is 1. The van der Waals surface area contributed by atoms with Crippen molar-refractivity contribution >= 4 is 11.7 Å². The number of nitrogens with one attached hydrogen (secondary N) is 3. The fourth-order valence-electron chi connectivity index (χ4n) is 0.822. The highest BCUT2D eigenvalue weighted by Crippen LogP contribution is 2.02. The van der Waals surface area contributed by atoms with Gasteiger partial charge in [-0.3, -0.25) is 9.89 Å². The average molecular weight is 168 g/mol. The summed E-state index contributed by atoms with van der Waals surface area (Å²) < 4.78 is 0. The SMILES string of the molecule is CCNC(=O)c1cc(NC)n[nH]1. The standard InChI is InChI=1S/C7H12N4O/c1-3-9-7(12)5-4-6(8-2)11-10-5/h4H,3H2,1-2H3,(H,9,12)(H2,8,10,11). The van der Waals surface area contributed by atoms with Crippen LogP contribution < -0.4 is 10.6 Å². The van der Waals surface area contributed by atoms with Gasteiger partial charge in [-0.2, -0.15) is 5.10 Å². The summed E-state index contributed by atoms with van der Waals surface area (Å²) in [7, 11) is 1.75. The Morgan fingerprint density at radius 1 is 1.75 bits per heavy atom. The van der Waals surface area contributed by atoms with E-state index in [0.717, 1.165) is 0 Å². The molecule has 1 heterocycles. The Kier molecular flexibility index (Phi) is 2.68. The van der Waals surface area contributed by atoms with E-state index >= 15 is 0 Å². The predicted octanol–water partition coefficient (Wildman–Crippen LogP) is 0.201. The third-order valence-corrected chi connectivity index (χ3v) is 1.42. The van der Waals surface area contributed by atoms with E-state index in [1.807, 2.05) is 6.92 Å². The second-order valence-corrected chi connectivity index (χ2v) is 2.28. The maximum atomic E-state index is 11.2. The quantitative estimate of drug-likeness (QED) is 0.604. The van der Waals surface area contributed by atoms with Gasteiger partial charge in [-0.25, -0.2) is 0 Å². The van der Waals surface area contributed by atoms with E-state index in [4.69, 9.17) is 0 Å². The van der Waals surface area contributed by atoms with E-state index in [9.17, 15) is 4.79 Å². The second kappa shape index (κ2) is 3.75. The largest absolute Gasteiger partial charge is 0.372 e. The van der Waals surface area contributed by atoms with Gasteiger partial charge >= 0.3 is 0 Å². The van der Waals surface area contributed by atoms with E-state index in [0.29, 0.717) is 18.1 Å². The van der Waals surface area contributed by atoms with E-state index in [2.05, 4.69) is 20.8 Å². The molecule has 0 spiro atoms. The van der Waals surface area contributed by atoms with Crippen LogP contribution in [0, 0.1) is 0 Å². The van der Waals surface area contributed by atoms with E-state index in [1.165, 1.54) is 0 Å². The highest BCUT2D eigenvalue weighted by atomic mass is 16.1. The van der Waals surface area contributed by atoms with Crippen LogP contribution in [0.1, 0.15) is 17.4 Å². The Balaban J connectivity index is 2.68. The van der Waals surface area contributed by atoms with Gasteiger partial charge in [-0.15, -0.1) is 0 Å². The lowest BCUT2D eigenvalue weighted by atomic mass is 10.4. The summed E-state index contributed by atoms with van der Waals surface area (Å²) in [5.41, 5.74) is 0.473. The number of carbonyl (C=O) groups is 1. The number of nitrogens with zero attached hydrogens (tertiary/aromatic N) is 1. The summed E-state index contributed by atoms with van der Waals surface area (Å²) in [6.07, 6.45) is 0. The summed E-state index contributed by atoms with van der Waals surface area (Å²) in [5, 5.41) is 11.9. The summed E-state index contributed by atoms with van der Waals surface area (Å²) in [6, 6.07) is 1.66. The maximum absolute atomic E-state index is 11.2. The Hall–Kier alpha value is -1.52. The van der Waals surface area contributed by atoms with Crippen LogP contribution in [-0.4, -0.2) is 29.7 Å². The molecule has 1 rings (SSSR count). The number of hydrogen-bond acceptors (Lipinski definition) is 3. The normalized spacial score (nSPS) is 9.50. The molecule has 0 aliphatic heterocycles. The van der Waals surface area contributed by atoms with E-state index in [1.54, 1.807) is 13.1 Å². The van der Waals surface area contributed by atoms with Gasteiger partial charge in [0.25, 0.3) is 5.91 Å². The van der Waals surface area contributed by atoms with Crippen LogP contribution in [-0.2, 0) is 0 Å². The molecule has 0 fully saturated rings. The minimum absolute atomic E-state index is 0.133. The molecule has 0 unspecified atom stereocenters. The Morgan fingerprint density at radius 2 is 2.50 bits per heavy atom. The first-order chi connectivity index (χ1) is 5.77. The van der Waals surface area contributed by atoms with Crippen LogP contribution in [0.2, 0.25) is 0 Å². The Bertz CT molecular complexity index is 268. The first-order valence-electron chi connectivity index (χ1n) is 3.79. The van der Waals surface area contributed by atoms with E-state index < -0.39 is 0 Å². The summed E-state index contributed by atoms with van der Waals surface area (Å²) in [4.78, 5) is 11.2. The molecular formula is C7H12N4O. The maximum Gasteiger partial charge on any atom is 0.269 e. The van der Waals surface area contributed by atoms with Gasteiger partial charge in [0.1, 0.15) is 11.5 Å². The van der Waals surface area contributed by atoms with Crippen molar-refractivity contribution < 1.29 is 4.79 Å². The highest BCUT2D eigenvalue weighted by molar-refractivity contribution is 5.92. The van der Waals surface area contributed by atoms with Gasteiger partial charge in [0.05, 0.1) is 0 Å². The molecule has 1 aromatic rings. The topological polar surface area (TPSA) is 69.8 Å². The van der Waals surface area contributed by atoms with Gasteiger partial charge in [0, 0.05) is 19.7 Å². The molecular weight excluding hydrogens is 156 g/mol. The molecule has 0 aliphatic rings. The van der Waals surface area contributed by atoms with Crippen LogP contribution in [0.5, 0.6) is 0 Å². The van der Waals surface area contributed by atoms with Gasteiger partial charge in [0.15, 0.2) is 0 Å². The minimum atomic E-state index is -0.133. The molecule has 5 nitrogen and oxygen atoms in total. The Morgan fingerprint density at radius 3 is 3.00 bits per heavy atom. The molecule has 0 bridgehead atoms. The smallest absolute Gasteiger partial charge is 0.269 e. The molecule has 0 saturated carbocycles. The molecule has 0 saturated heterocycles. The lowest BCUT2D eigenvalue weighted by Crippen LogP contribution is -2.22. The van der Waals surface area contributed by atoms with Crippen molar-refractivity contribution in [2.24, 2.45) is 0 Å². The molecule has 66 valence electrons. The lowest BCUT2D eigenvalue weighted by molar-refractivity contribution is 0.0951. The average Bonchev–Trinajstić information content (AvgIpc) is 2.52. The molecule has 1 amide bonds. The summed E-state index contributed by atoms with van der Waals surface area (Å²) in [6.45, 7) is 2.49. The number of H-pyrrole nitrogens is 1. The lowest BCUT2D eigenvalue weighted by Gasteiger charge is -1.95. The van der Waals surface area contributed by atoms with E-state index in [-0.39, 0.29) is 5.91 Å². The number of hydrogen-bond donors (Lipinski definition) is 3. The van der Waals surface area contributed by atoms with Crippen LogP contribution in [0.3, 0.4) is 0 Å². The minimum Gasteiger partial charge on any atom is -0.372 e. The third-order valence-electron chi connectivity index (χ3n) is 1.42. The first kappa shape index (κ1) is 8.58. The van der Waals surface area contributed by atoms with Crippen molar-refractivity contribution in [1.82, 2.24) is 15.5 Å². The summed E-state index contributed by atoms with van der Waals surface area (Å²) >= 11 is 0. The fraction of sp³-hybridized carbons (Fsp3) is 0.429. The second-order valence-electron chi connectivity index (χ2n) is 2.28. The zero-order valence-corrected chi connectivity index (χ0v) is 7.14. The Labute approximate surface area is 70.5 Å². The molecule has 1 aromatic heterocycles. The van der Waals surface area contributed by atoms with Crippen LogP contribution >= 0.6 is 0 Å². The highest BCUT2D eigenvalue weighted by Gasteiger charge is 2.06. The first-order valence-corrected chi connectivity index (χ1v) is 3.79. The van der Waals surface area contributed by atoms with Gasteiger partial charge < -0.3 is 10.6 Å². The van der Waals surface area contributed by atoms with Gasteiger partial charge in [-0.05, 0) is 6.92 Å². The van der Waals surface area contributed by atoms with Crippen molar-refractivity contribution in [2.75, 3.05) is 18.9 Å². The predicted molar refractivity (Wildman–Crippen MR) is 46.1 cm³/mol. The number of rotatable bonds is 3. The molecule has 5 heteroatoms. The van der Waals surface area contributed by atoms with Crippen LogP contribution in [0.4, 0.5) is 5.82 Å². The van der Waals surface area contributed by atoms with Crippen molar-refractivity contribution in [3.05, 3.63) is 11.8 Å². The number of aromatic nitrogens is 2. The molecule has 12 heavy (non-hydrogen) atoms.